The number of nitrogens with zero attached hydrogens (tertiary/aromatic N) is 1. The van der Waals surface area contributed by atoms with E-state index in [2.05, 4.69) is 4.99 Å². The molecular weight excluding hydrogens is 197 g/mol. The normalized spacial score (nSPS) is 14.3. The summed E-state index contributed by atoms with van der Waals surface area (Å²) in [6.07, 6.45) is 7.30. The van der Waals surface area contributed by atoms with Gasteiger partial charge in [0.05, 0.1) is 6.67 Å². The first-order valence-electron chi connectivity index (χ1n) is 5.50. The van der Waals surface area contributed by atoms with E-state index in [4.69, 9.17) is 0 Å². The summed E-state index contributed by atoms with van der Waals surface area (Å²) in [5, 5.41) is 9.48. The Labute approximate surface area is 90.4 Å². The van der Waals surface area contributed by atoms with Crippen molar-refractivity contribution in [2.24, 2.45) is 4.99 Å². The number of hydrogen-bond donors (Lipinski definition) is 1. The van der Waals surface area contributed by atoms with Crippen LogP contribution in [0.15, 0.2) is 4.99 Å². The van der Waals surface area contributed by atoms with Crippen molar-refractivity contribution in [3.05, 3.63) is 0 Å². The van der Waals surface area contributed by atoms with Crippen molar-refractivity contribution >= 4 is 6.08 Å². The van der Waals surface area contributed by atoms with Crippen LogP contribution in [0.3, 0.4) is 0 Å². The number of aliphatic hydroxyl groups is 1. The first-order chi connectivity index (χ1) is 7.12. The van der Waals surface area contributed by atoms with E-state index in [1.54, 1.807) is 0 Å². The Hall–Kier alpha value is -0.730. The number of isocyanates is 1. The maximum atomic E-state index is 11.7. The minimum Gasteiger partial charge on any atom is -0.369 e. The highest BCUT2D eigenvalue weighted by molar-refractivity contribution is 5.33. The third kappa shape index (κ3) is 9.57. The molecule has 0 rings (SSSR count). The van der Waals surface area contributed by atoms with Gasteiger partial charge in [-0.3, -0.25) is 4.39 Å². The quantitative estimate of drug-likeness (QED) is 0.367. The summed E-state index contributed by atoms with van der Waals surface area (Å²) in [5.41, 5.74) is -1.26. The summed E-state index contributed by atoms with van der Waals surface area (Å²) in [6, 6.07) is 0. The van der Waals surface area contributed by atoms with Crippen LogP contribution in [-0.4, -0.2) is 23.6 Å². The number of halogens is 1. The van der Waals surface area contributed by atoms with Gasteiger partial charge in [-0.05, 0) is 26.2 Å². The van der Waals surface area contributed by atoms with Gasteiger partial charge in [0, 0.05) is 0 Å². The van der Waals surface area contributed by atoms with Gasteiger partial charge in [0.15, 0.2) is 5.72 Å². The van der Waals surface area contributed by atoms with Gasteiger partial charge in [-0.15, -0.1) is 0 Å². The minimum absolute atomic E-state index is 0.233. The molecule has 1 unspecified atom stereocenters. The zero-order chi connectivity index (χ0) is 11.6. The molecule has 0 bridgehead atoms. The van der Waals surface area contributed by atoms with Crippen molar-refractivity contribution in [1.82, 2.24) is 0 Å². The number of alkyl halides is 1. The highest BCUT2D eigenvalue weighted by Crippen LogP contribution is 2.16. The molecule has 1 N–H and O–H groups in total. The van der Waals surface area contributed by atoms with Crippen LogP contribution in [0.4, 0.5) is 4.39 Å². The Bertz CT molecular complexity index is 201. The Morgan fingerprint density at radius 3 is 2.27 bits per heavy atom. The van der Waals surface area contributed by atoms with Gasteiger partial charge in [0.25, 0.3) is 0 Å². The Morgan fingerprint density at radius 1 is 1.20 bits per heavy atom. The van der Waals surface area contributed by atoms with Crippen molar-refractivity contribution in [3.8, 4) is 0 Å². The van der Waals surface area contributed by atoms with Gasteiger partial charge in [0.2, 0.25) is 6.08 Å². The monoisotopic (exact) mass is 217 g/mol. The maximum absolute atomic E-state index is 11.7. The lowest BCUT2D eigenvalue weighted by Crippen LogP contribution is -2.20. The highest BCUT2D eigenvalue weighted by Gasteiger charge is 2.17. The molecule has 88 valence electrons. The first kappa shape index (κ1) is 14.3. The van der Waals surface area contributed by atoms with E-state index in [1.165, 1.54) is 13.0 Å². The largest absolute Gasteiger partial charge is 0.369 e. The van der Waals surface area contributed by atoms with Crippen molar-refractivity contribution in [2.45, 2.75) is 57.6 Å². The first-order valence-corrected chi connectivity index (χ1v) is 5.50. The molecule has 0 aromatic rings. The van der Waals surface area contributed by atoms with Crippen LogP contribution < -0.4 is 0 Å². The van der Waals surface area contributed by atoms with Crippen LogP contribution in [0.5, 0.6) is 0 Å². The molecular formula is C11H20FNO2. The molecule has 0 amide bonds. The van der Waals surface area contributed by atoms with E-state index in [9.17, 15) is 14.3 Å². The molecule has 0 saturated carbocycles. The van der Waals surface area contributed by atoms with Crippen molar-refractivity contribution in [2.75, 3.05) is 6.67 Å². The van der Waals surface area contributed by atoms with Crippen LogP contribution in [0.25, 0.3) is 0 Å². The zero-order valence-electron chi connectivity index (χ0n) is 9.34. The molecule has 4 heteroatoms. The van der Waals surface area contributed by atoms with Gasteiger partial charge < -0.3 is 5.11 Å². The van der Waals surface area contributed by atoms with E-state index in [0.717, 1.165) is 32.1 Å². The molecule has 0 heterocycles. The van der Waals surface area contributed by atoms with Gasteiger partial charge in [0.1, 0.15) is 0 Å². The van der Waals surface area contributed by atoms with E-state index in [-0.39, 0.29) is 6.67 Å². The summed E-state index contributed by atoms with van der Waals surface area (Å²) >= 11 is 0. The molecule has 0 aliphatic carbocycles. The smallest absolute Gasteiger partial charge is 0.237 e. The molecule has 3 nitrogen and oxygen atoms in total. The van der Waals surface area contributed by atoms with Crippen molar-refractivity contribution < 1.29 is 14.3 Å². The summed E-state index contributed by atoms with van der Waals surface area (Å²) in [5.74, 6) is 0. The lowest BCUT2D eigenvalue weighted by molar-refractivity contribution is 0.0577. The summed E-state index contributed by atoms with van der Waals surface area (Å²) in [6.45, 7) is 1.27. The van der Waals surface area contributed by atoms with Crippen LogP contribution >= 0.6 is 0 Å². The number of rotatable bonds is 9. The van der Waals surface area contributed by atoms with E-state index < -0.39 is 5.72 Å². The fraction of sp³-hybridized carbons (Fsp3) is 0.909. The molecule has 1 atom stereocenters. The molecule has 0 saturated heterocycles. The molecule has 15 heavy (non-hydrogen) atoms. The van der Waals surface area contributed by atoms with Crippen LogP contribution in [0.2, 0.25) is 0 Å². The second-order valence-corrected chi connectivity index (χ2v) is 3.98. The minimum atomic E-state index is -1.26. The molecule has 0 aliphatic heterocycles. The van der Waals surface area contributed by atoms with Crippen molar-refractivity contribution in [3.63, 3.8) is 0 Å². The summed E-state index contributed by atoms with van der Waals surface area (Å²) in [4.78, 5) is 13.2. The van der Waals surface area contributed by atoms with Crippen LogP contribution in [0, 0.1) is 0 Å². The van der Waals surface area contributed by atoms with E-state index >= 15 is 0 Å². The Morgan fingerprint density at radius 2 is 1.73 bits per heavy atom. The Kier molecular flexibility index (Phi) is 8.15. The second kappa shape index (κ2) is 8.57. The number of hydrogen-bond acceptors (Lipinski definition) is 3. The molecule has 0 aromatic carbocycles. The number of carbonyl (C=O) groups excluding carboxylic acids is 1. The van der Waals surface area contributed by atoms with Gasteiger partial charge in [-0.25, -0.2) is 4.79 Å². The van der Waals surface area contributed by atoms with Crippen LogP contribution in [-0.2, 0) is 4.79 Å². The van der Waals surface area contributed by atoms with E-state index in [0.29, 0.717) is 12.8 Å². The maximum Gasteiger partial charge on any atom is 0.237 e. The Balaban J connectivity index is 3.34. The lowest BCUT2D eigenvalue weighted by Gasteiger charge is -2.15. The highest BCUT2D eigenvalue weighted by atomic mass is 19.1. The molecule has 0 fully saturated rings. The molecule has 0 spiro atoms. The predicted molar refractivity (Wildman–Crippen MR) is 57.0 cm³/mol. The predicted octanol–water partition coefficient (Wildman–Crippen LogP) is 2.73. The fourth-order valence-corrected chi connectivity index (χ4v) is 1.42. The topological polar surface area (TPSA) is 49.7 Å². The summed E-state index contributed by atoms with van der Waals surface area (Å²) < 4.78 is 11.7. The van der Waals surface area contributed by atoms with Crippen molar-refractivity contribution in [1.29, 1.82) is 0 Å². The second-order valence-electron chi connectivity index (χ2n) is 3.98. The third-order valence-electron chi connectivity index (χ3n) is 2.32. The van der Waals surface area contributed by atoms with Gasteiger partial charge in [-0.2, -0.15) is 4.99 Å². The standard InChI is InChI=1S/C11H20FNO2/c1-11(15,13-10-14)8-6-4-2-3-5-7-9-12/h15H,2-9H2,1H3. The van der Waals surface area contributed by atoms with Gasteiger partial charge >= 0.3 is 0 Å². The average Bonchev–Trinajstić information content (AvgIpc) is 2.16. The lowest BCUT2D eigenvalue weighted by atomic mass is 10.0. The molecule has 0 radical (unpaired) electrons. The fourth-order valence-electron chi connectivity index (χ4n) is 1.42. The molecule has 0 aromatic heterocycles. The third-order valence-corrected chi connectivity index (χ3v) is 2.32. The number of unbranched alkanes of at least 4 members (excludes halogenated alkanes) is 5. The number of aliphatic imine (C=N–C) groups is 1. The van der Waals surface area contributed by atoms with Crippen LogP contribution in [0.1, 0.15) is 51.9 Å². The van der Waals surface area contributed by atoms with Gasteiger partial charge in [-0.1, -0.05) is 25.7 Å². The average molecular weight is 217 g/mol. The molecule has 0 aliphatic rings. The zero-order valence-corrected chi connectivity index (χ0v) is 9.34. The SMILES string of the molecule is CC(O)(CCCCCCCCF)N=C=O. The van der Waals surface area contributed by atoms with E-state index in [1.807, 2.05) is 0 Å². The summed E-state index contributed by atoms with van der Waals surface area (Å²) in [7, 11) is 0.